The zero-order chi connectivity index (χ0) is 18.4. The Morgan fingerprint density at radius 3 is 2.30 bits per heavy atom. The van der Waals surface area contributed by atoms with Gasteiger partial charge in [-0.3, -0.25) is 4.79 Å². The van der Waals surface area contributed by atoms with Crippen LogP contribution in [0.3, 0.4) is 0 Å². The summed E-state index contributed by atoms with van der Waals surface area (Å²) >= 11 is 0. The molecule has 1 aromatic heterocycles. The van der Waals surface area contributed by atoms with Crippen LogP contribution in [0.1, 0.15) is 22.8 Å². The van der Waals surface area contributed by atoms with E-state index in [-0.39, 0.29) is 42.5 Å². The number of rotatable bonds is 6. The van der Waals surface area contributed by atoms with Crippen molar-refractivity contribution in [2.45, 2.75) is 13.1 Å². The first-order chi connectivity index (χ1) is 11.8. The van der Waals surface area contributed by atoms with E-state index in [1.807, 2.05) is 6.92 Å². The first-order valence-corrected chi connectivity index (χ1v) is 7.59. The molecule has 0 radical (unpaired) electrons. The Hall–Kier alpha value is -2.03. The lowest BCUT2D eigenvalue weighted by atomic mass is 10.1. The second kappa shape index (κ2) is 11.0. The van der Waals surface area contributed by atoms with Gasteiger partial charge in [0.1, 0.15) is 5.75 Å². The van der Waals surface area contributed by atoms with Crippen LogP contribution in [-0.4, -0.2) is 24.0 Å². The molecule has 0 aliphatic rings. The molecule has 3 N–H and O–H groups in total. The standard InChI is InChI=1S/C17H18F3N3O2.2ClH/c1-11(8-21)9-23-16(24)12-2-5-14(6-3-12)25-15-7-4-13(10-22-15)17(18,19)20;;/h2-7,10-11H,8-9,21H2,1H3,(H,23,24);2*1H. The van der Waals surface area contributed by atoms with Crippen LogP contribution in [0.15, 0.2) is 42.6 Å². The Bertz CT molecular complexity index is 711. The van der Waals surface area contributed by atoms with Crippen molar-refractivity contribution in [1.82, 2.24) is 10.3 Å². The van der Waals surface area contributed by atoms with Gasteiger partial charge in [-0.15, -0.1) is 24.8 Å². The first kappa shape index (κ1) is 25.0. The van der Waals surface area contributed by atoms with E-state index >= 15 is 0 Å². The molecular formula is C17H20Cl2F3N3O2. The van der Waals surface area contributed by atoms with Crippen LogP contribution in [0.4, 0.5) is 13.2 Å². The molecule has 1 atom stereocenters. The number of nitrogens with zero attached hydrogens (tertiary/aromatic N) is 1. The molecule has 2 rings (SSSR count). The van der Waals surface area contributed by atoms with Crippen LogP contribution in [0, 0.1) is 5.92 Å². The van der Waals surface area contributed by atoms with Gasteiger partial charge in [-0.05, 0) is 42.8 Å². The Balaban J connectivity index is 0.00000338. The van der Waals surface area contributed by atoms with Gasteiger partial charge in [0.25, 0.3) is 5.91 Å². The van der Waals surface area contributed by atoms with Gasteiger partial charge < -0.3 is 15.8 Å². The van der Waals surface area contributed by atoms with Crippen molar-refractivity contribution in [2.75, 3.05) is 13.1 Å². The minimum Gasteiger partial charge on any atom is -0.439 e. The topological polar surface area (TPSA) is 77.2 Å². The molecule has 150 valence electrons. The maximum atomic E-state index is 12.5. The SMILES string of the molecule is CC(CN)CNC(=O)c1ccc(Oc2ccc(C(F)(F)F)cn2)cc1.Cl.Cl. The molecular weight excluding hydrogens is 406 g/mol. The van der Waals surface area contributed by atoms with Gasteiger partial charge in [-0.2, -0.15) is 13.2 Å². The Kier molecular flexibility index (Phi) is 10.1. The molecule has 2 aromatic rings. The predicted octanol–water partition coefficient (Wildman–Crippen LogP) is 4.06. The number of alkyl halides is 3. The van der Waals surface area contributed by atoms with Gasteiger partial charge >= 0.3 is 6.18 Å². The lowest BCUT2D eigenvalue weighted by molar-refractivity contribution is -0.137. The fourth-order valence-corrected chi connectivity index (χ4v) is 1.86. The van der Waals surface area contributed by atoms with E-state index in [4.69, 9.17) is 10.5 Å². The number of hydrogen-bond acceptors (Lipinski definition) is 4. The van der Waals surface area contributed by atoms with Crippen molar-refractivity contribution in [1.29, 1.82) is 0 Å². The van der Waals surface area contributed by atoms with Crippen molar-refractivity contribution in [3.8, 4) is 11.6 Å². The van der Waals surface area contributed by atoms with Gasteiger partial charge in [-0.1, -0.05) is 6.92 Å². The van der Waals surface area contributed by atoms with Crippen molar-refractivity contribution in [3.05, 3.63) is 53.7 Å². The lowest BCUT2D eigenvalue weighted by Gasteiger charge is -2.11. The highest BCUT2D eigenvalue weighted by atomic mass is 35.5. The van der Waals surface area contributed by atoms with Crippen LogP contribution in [0.2, 0.25) is 0 Å². The Morgan fingerprint density at radius 2 is 1.81 bits per heavy atom. The van der Waals surface area contributed by atoms with Crippen LogP contribution < -0.4 is 15.8 Å². The Morgan fingerprint density at radius 1 is 1.19 bits per heavy atom. The first-order valence-electron chi connectivity index (χ1n) is 7.59. The maximum Gasteiger partial charge on any atom is 0.417 e. The third kappa shape index (κ3) is 7.62. The molecule has 1 unspecified atom stereocenters. The average molecular weight is 426 g/mol. The number of pyridine rings is 1. The number of nitrogens with two attached hydrogens (primary N) is 1. The Labute approximate surface area is 167 Å². The van der Waals surface area contributed by atoms with Gasteiger partial charge in [0.05, 0.1) is 5.56 Å². The number of benzene rings is 1. The van der Waals surface area contributed by atoms with Gasteiger partial charge in [0.15, 0.2) is 0 Å². The summed E-state index contributed by atoms with van der Waals surface area (Å²) in [5.41, 5.74) is 5.08. The average Bonchev–Trinajstić information content (AvgIpc) is 2.59. The van der Waals surface area contributed by atoms with E-state index in [0.29, 0.717) is 30.6 Å². The summed E-state index contributed by atoms with van der Waals surface area (Å²) in [5.74, 6) is 0.331. The van der Waals surface area contributed by atoms with Crippen LogP contribution in [0.5, 0.6) is 11.6 Å². The van der Waals surface area contributed by atoms with Crippen LogP contribution in [-0.2, 0) is 6.18 Å². The zero-order valence-corrected chi connectivity index (χ0v) is 16.0. The van der Waals surface area contributed by atoms with Gasteiger partial charge in [0, 0.05) is 24.4 Å². The fourth-order valence-electron chi connectivity index (χ4n) is 1.86. The number of aromatic nitrogens is 1. The number of carbonyl (C=O) groups excluding carboxylic acids is 1. The fraction of sp³-hybridized carbons (Fsp3) is 0.294. The number of amides is 1. The molecule has 0 aliphatic carbocycles. The third-order valence-corrected chi connectivity index (χ3v) is 3.42. The van der Waals surface area contributed by atoms with E-state index in [1.54, 1.807) is 24.3 Å². The normalized spacial score (nSPS) is 11.6. The highest BCUT2D eigenvalue weighted by Gasteiger charge is 2.30. The molecule has 0 fully saturated rings. The summed E-state index contributed by atoms with van der Waals surface area (Å²) in [7, 11) is 0. The number of carbonyl (C=O) groups is 1. The molecule has 1 heterocycles. The molecule has 0 bridgehead atoms. The molecule has 0 spiro atoms. The van der Waals surface area contributed by atoms with Gasteiger partial charge in [-0.25, -0.2) is 4.98 Å². The third-order valence-electron chi connectivity index (χ3n) is 3.42. The quantitative estimate of drug-likeness (QED) is 0.731. The maximum absolute atomic E-state index is 12.5. The summed E-state index contributed by atoms with van der Waals surface area (Å²) in [4.78, 5) is 15.6. The largest absolute Gasteiger partial charge is 0.439 e. The summed E-state index contributed by atoms with van der Waals surface area (Å²) in [5, 5.41) is 2.76. The van der Waals surface area contributed by atoms with Crippen molar-refractivity contribution >= 4 is 30.7 Å². The van der Waals surface area contributed by atoms with E-state index in [9.17, 15) is 18.0 Å². The summed E-state index contributed by atoms with van der Waals surface area (Å²) in [6.07, 6.45) is -3.74. The van der Waals surface area contributed by atoms with Crippen LogP contribution in [0.25, 0.3) is 0 Å². The van der Waals surface area contributed by atoms with E-state index in [2.05, 4.69) is 10.3 Å². The van der Waals surface area contributed by atoms with E-state index in [0.717, 1.165) is 12.1 Å². The lowest BCUT2D eigenvalue weighted by Crippen LogP contribution is -2.31. The van der Waals surface area contributed by atoms with Crippen LogP contribution >= 0.6 is 24.8 Å². The van der Waals surface area contributed by atoms with Crippen molar-refractivity contribution < 1.29 is 22.7 Å². The second-order valence-corrected chi connectivity index (χ2v) is 5.56. The summed E-state index contributed by atoms with van der Waals surface area (Å²) < 4.78 is 42.8. The highest BCUT2D eigenvalue weighted by Crippen LogP contribution is 2.30. The molecule has 5 nitrogen and oxygen atoms in total. The van der Waals surface area contributed by atoms with Gasteiger partial charge in [0.2, 0.25) is 5.88 Å². The molecule has 0 saturated carbocycles. The molecule has 10 heteroatoms. The molecule has 0 saturated heterocycles. The molecule has 27 heavy (non-hydrogen) atoms. The summed E-state index contributed by atoms with van der Waals surface area (Å²) in [6.45, 7) is 2.88. The monoisotopic (exact) mass is 425 g/mol. The molecule has 0 aliphatic heterocycles. The highest BCUT2D eigenvalue weighted by molar-refractivity contribution is 5.94. The summed E-state index contributed by atoms with van der Waals surface area (Å²) in [6, 6.07) is 8.23. The number of nitrogens with one attached hydrogen (secondary N) is 1. The van der Waals surface area contributed by atoms with Crippen molar-refractivity contribution in [3.63, 3.8) is 0 Å². The molecule has 1 aromatic carbocycles. The predicted molar refractivity (Wildman–Crippen MR) is 101 cm³/mol. The minimum atomic E-state index is -4.44. The number of hydrogen-bond donors (Lipinski definition) is 2. The zero-order valence-electron chi connectivity index (χ0n) is 14.3. The van der Waals surface area contributed by atoms with Crippen molar-refractivity contribution in [2.24, 2.45) is 11.7 Å². The second-order valence-electron chi connectivity index (χ2n) is 5.56. The van der Waals surface area contributed by atoms with E-state index in [1.165, 1.54) is 0 Å². The molecule has 1 amide bonds. The minimum absolute atomic E-state index is 0. The number of ether oxygens (including phenoxy) is 1. The smallest absolute Gasteiger partial charge is 0.417 e. The number of halogens is 5. The van der Waals surface area contributed by atoms with E-state index < -0.39 is 11.7 Å².